The lowest BCUT2D eigenvalue weighted by atomic mass is 10.4. The molecule has 0 bridgehead atoms. The third-order valence-electron chi connectivity index (χ3n) is 9.29. The van der Waals surface area contributed by atoms with Crippen LogP contribution in [-0.2, 0) is 123 Å². The fourth-order valence-electron chi connectivity index (χ4n) is 5.48. The van der Waals surface area contributed by atoms with Gasteiger partial charge in [-0.15, -0.1) is 5.06 Å². The first-order valence-corrected chi connectivity index (χ1v) is 26.3. The summed E-state index contributed by atoms with van der Waals surface area (Å²) in [5, 5.41) is 0.480. The van der Waals surface area contributed by atoms with E-state index in [1.54, 1.807) is 7.11 Å². The molecule has 0 N–H and O–H groups in total. The molecule has 0 atom stereocenters. The van der Waals surface area contributed by atoms with Crippen LogP contribution < -0.4 is 0 Å². The molecule has 0 saturated carbocycles. The maximum Gasteiger partial charge on any atom is 0.358 e. The van der Waals surface area contributed by atoms with Crippen LogP contribution in [0.3, 0.4) is 0 Å². The minimum absolute atomic E-state index is 0.0357. The molecule has 0 aromatic rings. The van der Waals surface area contributed by atoms with Crippen molar-refractivity contribution in [1.82, 2.24) is 5.06 Å². The van der Waals surface area contributed by atoms with E-state index in [4.69, 9.17) is 109 Å². The topological polar surface area (TPSA) is 267 Å². The standard InChI is InChI=1S/C49H93NO26/c1-54-4-5-55-6-7-56-8-9-57-10-11-58-12-13-59-14-15-60-16-17-61-18-19-62-20-21-63-22-23-64-24-25-65-26-27-66-28-29-67-30-31-68-32-33-69-34-35-70-36-37-71-38-39-72-40-41-73-42-43-74-44-45-75-46-49(53)76-50-47(51)2-3-48(50)52/h2-46H2,1H3. The van der Waals surface area contributed by atoms with Crippen LogP contribution >= 0.6 is 0 Å². The molecule has 0 aromatic carbocycles. The molecule has 450 valence electrons. The number of rotatable bonds is 66. The van der Waals surface area contributed by atoms with E-state index in [9.17, 15) is 14.4 Å². The molecule has 1 fully saturated rings. The minimum Gasteiger partial charge on any atom is -0.382 e. The van der Waals surface area contributed by atoms with E-state index in [2.05, 4.69) is 0 Å². The van der Waals surface area contributed by atoms with E-state index in [1.807, 2.05) is 0 Å². The first-order valence-electron chi connectivity index (χ1n) is 26.3. The highest BCUT2D eigenvalue weighted by atomic mass is 16.7. The van der Waals surface area contributed by atoms with Crippen LogP contribution in [0.2, 0.25) is 0 Å². The van der Waals surface area contributed by atoms with Gasteiger partial charge in [-0.05, 0) is 0 Å². The second kappa shape index (κ2) is 61.9. The summed E-state index contributed by atoms with van der Waals surface area (Å²) in [7, 11) is 1.64. The Hall–Kier alpha value is -2.27. The summed E-state index contributed by atoms with van der Waals surface area (Å²) in [6.45, 7) is 19.1. The van der Waals surface area contributed by atoms with Gasteiger partial charge in [-0.1, -0.05) is 0 Å². The van der Waals surface area contributed by atoms with Crippen molar-refractivity contribution in [2.75, 3.05) is 291 Å². The highest BCUT2D eigenvalue weighted by molar-refractivity contribution is 6.01. The lowest BCUT2D eigenvalue weighted by molar-refractivity contribution is -0.200. The molecule has 0 radical (unpaired) electrons. The quantitative estimate of drug-likeness (QED) is 0.0553. The summed E-state index contributed by atoms with van der Waals surface area (Å²) in [6, 6.07) is 0. The molecule has 76 heavy (non-hydrogen) atoms. The van der Waals surface area contributed by atoms with Crippen molar-refractivity contribution in [2.24, 2.45) is 0 Å². The monoisotopic (exact) mass is 1110 g/mol. The molecule has 0 aromatic heterocycles. The van der Waals surface area contributed by atoms with Crippen LogP contribution in [0.4, 0.5) is 0 Å². The van der Waals surface area contributed by atoms with Crippen LogP contribution in [-0.4, -0.2) is 314 Å². The van der Waals surface area contributed by atoms with Crippen LogP contribution in [0.15, 0.2) is 0 Å². The van der Waals surface area contributed by atoms with E-state index in [1.165, 1.54) is 0 Å². The Morgan fingerprint density at radius 2 is 0.408 bits per heavy atom. The Morgan fingerprint density at radius 3 is 0.566 bits per heavy atom. The Labute approximate surface area is 449 Å². The van der Waals surface area contributed by atoms with Crippen LogP contribution in [0.1, 0.15) is 12.8 Å². The summed E-state index contributed by atoms with van der Waals surface area (Å²) in [5.74, 6) is -1.91. The third kappa shape index (κ3) is 55.1. The van der Waals surface area contributed by atoms with Crippen molar-refractivity contribution in [1.29, 1.82) is 0 Å². The predicted octanol–water partition coefficient (Wildman–Crippen LogP) is -0.411. The zero-order chi connectivity index (χ0) is 54.4. The molecule has 1 rings (SSSR count). The molecule has 1 heterocycles. The van der Waals surface area contributed by atoms with Crippen LogP contribution in [0.5, 0.6) is 0 Å². The zero-order valence-corrected chi connectivity index (χ0v) is 45.4. The van der Waals surface area contributed by atoms with E-state index in [0.717, 1.165) is 0 Å². The van der Waals surface area contributed by atoms with E-state index < -0.39 is 24.4 Å². The molecule has 0 spiro atoms. The molecule has 1 aliphatic heterocycles. The second-order valence-electron chi connectivity index (χ2n) is 15.3. The van der Waals surface area contributed by atoms with E-state index in [-0.39, 0.29) is 26.1 Å². The zero-order valence-electron chi connectivity index (χ0n) is 45.4. The highest BCUT2D eigenvalue weighted by Gasteiger charge is 2.32. The van der Waals surface area contributed by atoms with Crippen LogP contribution in [0.25, 0.3) is 0 Å². The van der Waals surface area contributed by atoms with Gasteiger partial charge in [0.1, 0.15) is 6.61 Å². The second-order valence-corrected chi connectivity index (χ2v) is 15.3. The van der Waals surface area contributed by atoms with Crippen molar-refractivity contribution in [3.05, 3.63) is 0 Å². The number of ether oxygens (including phenoxy) is 22. The van der Waals surface area contributed by atoms with Crippen molar-refractivity contribution in [2.45, 2.75) is 12.8 Å². The van der Waals surface area contributed by atoms with Gasteiger partial charge in [0.05, 0.1) is 277 Å². The number of imide groups is 1. The number of carbonyl (C=O) groups excluding carboxylic acids is 3. The van der Waals surface area contributed by atoms with Crippen molar-refractivity contribution in [3.8, 4) is 0 Å². The molecule has 27 nitrogen and oxygen atoms in total. The number of nitrogens with zero attached hydrogens (tertiary/aromatic N) is 1. The van der Waals surface area contributed by atoms with Gasteiger partial charge in [-0.2, -0.15) is 0 Å². The van der Waals surface area contributed by atoms with Crippen molar-refractivity contribution >= 4 is 17.8 Å². The Balaban J connectivity index is 1.60. The summed E-state index contributed by atoms with van der Waals surface area (Å²) < 4.78 is 119. The third-order valence-corrected chi connectivity index (χ3v) is 9.29. The Bertz CT molecular complexity index is 1200. The minimum atomic E-state index is -0.826. The molecule has 1 aliphatic rings. The lowest BCUT2D eigenvalue weighted by Crippen LogP contribution is -2.33. The largest absolute Gasteiger partial charge is 0.382 e. The normalized spacial score (nSPS) is 12.8. The van der Waals surface area contributed by atoms with Gasteiger partial charge in [0, 0.05) is 20.0 Å². The summed E-state index contributed by atoms with van der Waals surface area (Å²) in [5.41, 5.74) is 0. The molecular weight excluding hydrogens is 1020 g/mol. The van der Waals surface area contributed by atoms with Gasteiger partial charge in [0.25, 0.3) is 11.8 Å². The fourth-order valence-corrected chi connectivity index (χ4v) is 5.48. The summed E-state index contributed by atoms with van der Waals surface area (Å²) in [6.07, 6.45) is 0.0714. The number of carbonyl (C=O) groups is 3. The molecule has 2 amide bonds. The summed E-state index contributed by atoms with van der Waals surface area (Å²) >= 11 is 0. The molecular formula is C49H93NO26. The molecule has 27 heteroatoms. The summed E-state index contributed by atoms with van der Waals surface area (Å²) in [4.78, 5) is 39.2. The van der Waals surface area contributed by atoms with Gasteiger partial charge >= 0.3 is 5.97 Å². The SMILES string of the molecule is COCCOCCOCCOCCOCCOCCOCCOCCOCCOCCOCCOCCOCCOCCOCCOCCOCCOCCOCCOCCOCCOCC(=O)ON1C(=O)CCC1=O. The fraction of sp³-hybridized carbons (Fsp3) is 0.939. The molecule has 1 saturated heterocycles. The van der Waals surface area contributed by atoms with Gasteiger partial charge in [0.15, 0.2) is 0 Å². The highest BCUT2D eigenvalue weighted by Crippen LogP contribution is 2.12. The number of amides is 2. The van der Waals surface area contributed by atoms with E-state index in [0.29, 0.717) is 269 Å². The first-order chi connectivity index (χ1) is 37.6. The maximum atomic E-state index is 11.6. The molecule has 0 aliphatic carbocycles. The Kier molecular flexibility index (Phi) is 58.5. The van der Waals surface area contributed by atoms with Gasteiger partial charge in [-0.25, -0.2) is 4.79 Å². The predicted molar refractivity (Wildman–Crippen MR) is 266 cm³/mol. The maximum absolute atomic E-state index is 11.6. The first kappa shape index (κ1) is 71.7. The van der Waals surface area contributed by atoms with Gasteiger partial charge < -0.3 is 109 Å². The number of hydrogen-bond acceptors (Lipinski definition) is 26. The average molecular weight is 1110 g/mol. The van der Waals surface area contributed by atoms with Gasteiger partial charge in [0.2, 0.25) is 0 Å². The van der Waals surface area contributed by atoms with Crippen molar-refractivity contribution < 1.29 is 123 Å². The lowest BCUT2D eigenvalue weighted by Gasteiger charge is -2.12. The van der Waals surface area contributed by atoms with E-state index >= 15 is 0 Å². The Morgan fingerprint density at radius 1 is 0.263 bits per heavy atom. The number of hydrogen-bond donors (Lipinski definition) is 0. The molecule has 0 unspecified atom stereocenters. The van der Waals surface area contributed by atoms with Gasteiger partial charge in [-0.3, -0.25) is 9.59 Å². The van der Waals surface area contributed by atoms with Crippen LogP contribution in [0, 0.1) is 0 Å². The number of hydroxylamine groups is 2. The average Bonchev–Trinajstić information content (AvgIpc) is 3.74. The van der Waals surface area contributed by atoms with Crippen molar-refractivity contribution in [3.63, 3.8) is 0 Å². The smallest absolute Gasteiger partial charge is 0.358 e. The number of methoxy groups -OCH3 is 1.